The fourth-order valence-corrected chi connectivity index (χ4v) is 3.36. The molecular formula is C19H21BrINO3S. The van der Waals surface area contributed by atoms with Crippen molar-refractivity contribution in [2.75, 3.05) is 26.0 Å². The molecule has 0 aliphatic heterocycles. The Morgan fingerprint density at radius 2 is 2.00 bits per heavy atom. The van der Waals surface area contributed by atoms with E-state index in [2.05, 4.69) is 37.1 Å². The number of likely N-dealkylation sites (N-methyl/N-ethyl adjacent to an activating group) is 1. The van der Waals surface area contributed by atoms with Crippen molar-refractivity contribution in [3.8, 4) is 5.75 Å². The van der Waals surface area contributed by atoms with Crippen LogP contribution >= 0.6 is 46.1 Å². The SMILES string of the molecule is CN(CCc1cc(Br)ccc1OCc1ccccc1)C(=O)OCCSI. The summed E-state index contributed by atoms with van der Waals surface area (Å²) in [5, 5.41) is 0. The molecule has 0 saturated heterocycles. The highest BCUT2D eigenvalue weighted by Crippen LogP contribution is 2.25. The number of amides is 1. The topological polar surface area (TPSA) is 38.8 Å². The Bertz CT molecular complexity index is 702. The van der Waals surface area contributed by atoms with Crippen LogP contribution in [-0.2, 0) is 17.8 Å². The van der Waals surface area contributed by atoms with E-state index < -0.39 is 0 Å². The Hall–Kier alpha value is -0.930. The molecular weight excluding hydrogens is 529 g/mol. The summed E-state index contributed by atoms with van der Waals surface area (Å²) in [6.07, 6.45) is 0.396. The average Bonchev–Trinajstić information content (AvgIpc) is 2.66. The molecule has 0 atom stereocenters. The number of carbonyl (C=O) groups excluding carboxylic acids is 1. The summed E-state index contributed by atoms with van der Waals surface area (Å²) in [4.78, 5) is 13.6. The van der Waals surface area contributed by atoms with Gasteiger partial charge in [-0.25, -0.2) is 4.79 Å². The summed E-state index contributed by atoms with van der Waals surface area (Å²) < 4.78 is 12.2. The Labute approximate surface area is 179 Å². The van der Waals surface area contributed by atoms with E-state index in [-0.39, 0.29) is 6.09 Å². The molecule has 0 saturated carbocycles. The van der Waals surface area contributed by atoms with E-state index in [4.69, 9.17) is 9.47 Å². The molecule has 0 aliphatic carbocycles. The second kappa shape index (κ2) is 11.7. The van der Waals surface area contributed by atoms with Gasteiger partial charge in [0.1, 0.15) is 19.0 Å². The third-order valence-corrected chi connectivity index (χ3v) is 5.81. The van der Waals surface area contributed by atoms with Crippen LogP contribution < -0.4 is 4.74 Å². The molecule has 2 aromatic rings. The molecule has 0 aliphatic rings. The van der Waals surface area contributed by atoms with Gasteiger partial charge >= 0.3 is 6.09 Å². The first kappa shape index (κ1) is 21.4. The van der Waals surface area contributed by atoms with E-state index in [0.717, 1.165) is 27.1 Å². The first-order valence-corrected chi connectivity index (χ1v) is 12.5. The first-order valence-electron chi connectivity index (χ1n) is 8.16. The summed E-state index contributed by atoms with van der Waals surface area (Å²) in [6.45, 7) is 1.51. The van der Waals surface area contributed by atoms with Crippen LogP contribution in [0, 0.1) is 0 Å². The molecule has 26 heavy (non-hydrogen) atoms. The molecule has 1 amide bonds. The number of nitrogens with zero attached hydrogens (tertiary/aromatic N) is 1. The second-order valence-corrected chi connectivity index (χ2v) is 9.04. The van der Waals surface area contributed by atoms with Crippen LogP contribution in [0.1, 0.15) is 11.1 Å². The van der Waals surface area contributed by atoms with E-state index in [1.807, 2.05) is 48.5 Å². The minimum atomic E-state index is -0.294. The van der Waals surface area contributed by atoms with E-state index >= 15 is 0 Å². The van der Waals surface area contributed by atoms with Crippen molar-refractivity contribution in [2.45, 2.75) is 13.0 Å². The number of halogens is 2. The monoisotopic (exact) mass is 549 g/mol. The predicted molar refractivity (Wildman–Crippen MR) is 119 cm³/mol. The van der Waals surface area contributed by atoms with Gasteiger partial charge in [-0.1, -0.05) is 55.2 Å². The van der Waals surface area contributed by atoms with Crippen molar-refractivity contribution in [3.05, 3.63) is 64.1 Å². The lowest BCUT2D eigenvalue weighted by Crippen LogP contribution is -2.30. The highest BCUT2D eigenvalue weighted by atomic mass is 127. The zero-order valence-electron chi connectivity index (χ0n) is 14.5. The molecule has 0 fully saturated rings. The molecule has 0 spiro atoms. The molecule has 0 heterocycles. The van der Waals surface area contributed by atoms with Crippen molar-refractivity contribution < 1.29 is 14.3 Å². The maximum absolute atomic E-state index is 12.0. The van der Waals surface area contributed by atoms with Gasteiger partial charge in [0.15, 0.2) is 0 Å². The van der Waals surface area contributed by atoms with Gasteiger partial charge in [0.2, 0.25) is 0 Å². The van der Waals surface area contributed by atoms with E-state index in [1.165, 1.54) is 0 Å². The lowest BCUT2D eigenvalue weighted by atomic mass is 10.1. The smallest absolute Gasteiger partial charge is 0.409 e. The van der Waals surface area contributed by atoms with Crippen LogP contribution in [0.3, 0.4) is 0 Å². The average molecular weight is 550 g/mol. The lowest BCUT2D eigenvalue weighted by molar-refractivity contribution is 0.117. The largest absolute Gasteiger partial charge is 0.489 e. The van der Waals surface area contributed by atoms with Gasteiger partial charge < -0.3 is 14.4 Å². The molecule has 2 rings (SSSR count). The number of carbonyl (C=O) groups is 1. The van der Waals surface area contributed by atoms with E-state index in [1.54, 1.807) is 20.9 Å². The predicted octanol–water partition coefficient (Wildman–Crippen LogP) is 5.72. The van der Waals surface area contributed by atoms with Crippen molar-refractivity contribution in [3.63, 3.8) is 0 Å². The number of hydrogen-bond donors (Lipinski definition) is 0. The van der Waals surface area contributed by atoms with Gasteiger partial charge in [-0.05, 0) is 57.0 Å². The summed E-state index contributed by atoms with van der Waals surface area (Å²) >= 11 is 5.69. The third-order valence-electron chi connectivity index (χ3n) is 3.67. The normalized spacial score (nSPS) is 10.4. The van der Waals surface area contributed by atoms with E-state index in [9.17, 15) is 4.79 Å². The summed E-state index contributed by atoms with van der Waals surface area (Å²) in [5.74, 6) is 1.63. The molecule has 0 aromatic heterocycles. The molecule has 0 N–H and O–H groups in total. The minimum absolute atomic E-state index is 0.294. The van der Waals surface area contributed by atoms with Crippen molar-refractivity contribution in [1.82, 2.24) is 4.90 Å². The number of benzene rings is 2. The van der Waals surface area contributed by atoms with Gasteiger partial charge in [0.25, 0.3) is 0 Å². The highest BCUT2D eigenvalue weighted by molar-refractivity contribution is 14.2. The van der Waals surface area contributed by atoms with Crippen LogP contribution in [0.5, 0.6) is 5.75 Å². The van der Waals surface area contributed by atoms with Crippen molar-refractivity contribution in [1.29, 1.82) is 0 Å². The number of rotatable bonds is 9. The van der Waals surface area contributed by atoms with Gasteiger partial charge in [0, 0.05) is 23.8 Å². The molecule has 0 bridgehead atoms. The van der Waals surface area contributed by atoms with Crippen LogP contribution in [0.2, 0.25) is 0 Å². The summed E-state index contributed by atoms with van der Waals surface area (Å²) in [7, 11) is 3.38. The zero-order chi connectivity index (χ0) is 18.8. The fraction of sp³-hybridized carbons (Fsp3) is 0.316. The Kier molecular flexibility index (Phi) is 9.63. The van der Waals surface area contributed by atoms with Crippen LogP contribution in [0.25, 0.3) is 0 Å². The Balaban J connectivity index is 1.93. The van der Waals surface area contributed by atoms with Gasteiger partial charge in [-0.15, -0.1) is 0 Å². The summed E-state index contributed by atoms with van der Waals surface area (Å²) in [5.41, 5.74) is 2.17. The van der Waals surface area contributed by atoms with Gasteiger partial charge in [0.05, 0.1) is 0 Å². The fourth-order valence-electron chi connectivity index (χ4n) is 2.27. The van der Waals surface area contributed by atoms with Crippen molar-refractivity contribution >= 4 is 52.2 Å². The van der Waals surface area contributed by atoms with E-state index in [0.29, 0.717) is 26.2 Å². The first-order chi connectivity index (χ1) is 12.6. The lowest BCUT2D eigenvalue weighted by Gasteiger charge is -2.18. The summed E-state index contributed by atoms with van der Waals surface area (Å²) in [6, 6.07) is 16.0. The van der Waals surface area contributed by atoms with Crippen LogP contribution in [0.15, 0.2) is 53.0 Å². The van der Waals surface area contributed by atoms with Crippen molar-refractivity contribution in [2.24, 2.45) is 0 Å². The number of hydrogen-bond acceptors (Lipinski definition) is 4. The third kappa shape index (κ3) is 7.36. The Morgan fingerprint density at radius 3 is 2.73 bits per heavy atom. The molecule has 0 radical (unpaired) electrons. The molecule has 4 nitrogen and oxygen atoms in total. The maximum Gasteiger partial charge on any atom is 0.409 e. The highest BCUT2D eigenvalue weighted by Gasteiger charge is 2.12. The Morgan fingerprint density at radius 1 is 1.23 bits per heavy atom. The molecule has 2 aromatic carbocycles. The molecule has 7 heteroatoms. The maximum atomic E-state index is 12.0. The number of ether oxygens (including phenoxy) is 2. The molecule has 0 unspecified atom stereocenters. The second-order valence-electron chi connectivity index (χ2n) is 5.63. The van der Waals surface area contributed by atoms with Gasteiger partial charge in [-0.2, -0.15) is 0 Å². The van der Waals surface area contributed by atoms with Crippen LogP contribution in [0.4, 0.5) is 4.79 Å². The molecule has 140 valence electrons. The zero-order valence-corrected chi connectivity index (χ0v) is 19.1. The quantitative estimate of drug-likeness (QED) is 0.296. The van der Waals surface area contributed by atoms with Crippen LogP contribution in [-0.4, -0.2) is 36.9 Å². The van der Waals surface area contributed by atoms with Gasteiger partial charge in [-0.3, -0.25) is 0 Å². The minimum Gasteiger partial charge on any atom is -0.489 e. The standard InChI is InChI=1S/C19H21BrINO3S/c1-22(19(23)24-11-12-26-21)10-9-16-13-17(20)7-8-18(16)25-14-15-5-3-2-4-6-15/h2-8,13H,9-12,14H2,1H3.